The maximum atomic E-state index is 14.3. The van der Waals surface area contributed by atoms with Gasteiger partial charge in [0.15, 0.2) is 0 Å². The Bertz CT molecular complexity index is 1410. The Morgan fingerprint density at radius 1 is 0.964 bits per heavy atom. The van der Waals surface area contributed by atoms with Gasteiger partial charge in [-0.2, -0.15) is 0 Å². The van der Waals surface area contributed by atoms with E-state index in [-0.39, 0.29) is 66.6 Å². The molecule has 1 aromatic rings. The maximum absolute atomic E-state index is 14.3. The number of nitrogens with one attached hydrogen (secondary N) is 2. The average molecular weight is 773 g/mol. The van der Waals surface area contributed by atoms with Crippen molar-refractivity contribution in [2.45, 2.75) is 123 Å². The molecule has 2 aliphatic rings. The van der Waals surface area contributed by atoms with E-state index in [1.165, 1.54) is 6.92 Å². The second kappa shape index (κ2) is 21.5. The number of aliphatic hydroxyl groups is 1. The minimum absolute atomic E-state index is 0.0109. The molecule has 1 aromatic carbocycles. The molecule has 0 aliphatic carbocycles. The van der Waals surface area contributed by atoms with Gasteiger partial charge in [-0.15, -0.1) is 0 Å². The minimum atomic E-state index is -0.827. The van der Waals surface area contributed by atoms with E-state index in [4.69, 9.17) is 9.47 Å². The number of likely N-dealkylation sites (N-methyl/N-ethyl adjacent to an activating group) is 1. The lowest BCUT2D eigenvalue weighted by Gasteiger charge is -2.42. The summed E-state index contributed by atoms with van der Waals surface area (Å²) in [7, 11) is 4.81. The van der Waals surface area contributed by atoms with Crippen molar-refractivity contribution in [3.63, 3.8) is 0 Å². The maximum Gasteiger partial charge on any atom is 0.318 e. The SMILES string of the molecule is CC[C@H](C)[C@@H]([C@@H](CC(=O)N1CCCC1[C@H](OC)[C@@H](C)C(=O)NC(CO)Cc1ccccc1)OC)N(C)C(=O)C(NC(=O)N1CCN(C(C)=O)CC1C)C(C)C. The molecule has 55 heavy (non-hydrogen) atoms. The third-order valence-electron chi connectivity index (χ3n) is 11.7. The van der Waals surface area contributed by atoms with Crippen molar-refractivity contribution >= 4 is 29.7 Å². The lowest BCUT2D eigenvalue weighted by Crippen LogP contribution is -2.62. The van der Waals surface area contributed by atoms with Crippen molar-refractivity contribution in [2.24, 2.45) is 17.8 Å². The Kier molecular flexibility index (Phi) is 17.9. The first-order valence-electron chi connectivity index (χ1n) is 20.0. The molecule has 0 aromatic heterocycles. The number of hydrogen-bond donors (Lipinski definition) is 3. The van der Waals surface area contributed by atoms with Crippen molar-refractivity contribution in [3.8, 4) is 0 Å². The van der Waals surface area contributed by atoms with Gasteiger partial charge >= 0.3 is 6.03 Å². The highest BCUT2D eigenvalue weighted by molar-refractivity contribution is 5.88. The zero-order chi connectivity index (χ0) is 41.0. The number of nitrogens with zero attached hydrogens (tertiary/aromatic N) is 4. The first-order valence-corrected chi connectivity index (χ1v) is 20.0. The molecule has 14 heteroatoms. The summed E-state index contributed by atoms with van der Waals surface area (Å²) in [6, 6.07) is 6.97. The summed E-state index contributed by atoms with van der Waals surface area (Å²) < 4.78 is 11.9. The van der Waals surface area contributed by atoms with Crippen LogP contribution in [0.3, 0.4) is 0 Å². The van der Waals surface area contributed by atoms with E-state index >= 15 is 0 Å². The molecule has 2 heterocycles. The molecule has 2 fully saturated rings. The summed E-state index contributed by atoms with van der Waals surface area (Å²) in [5, 5.41) is 16.0. The summed E-state index contributed by atoms with van der Waals surface area (Å²) in [6.45, 7) is 14.5. The van der Waals surface area contributed by atoms with Gasteiger partial charge in [0.25, 0.3) is 0 Å². The molecule has 4 unspecified atom stereocenters. The largest absolute Gasteiger partial charge is 0.394 e. The Morgan fingerprint density at radius 2 is 1.64 bits per heavy atom. The van der Waals surface area contributed by atoms with Crippen LogP contribution < -0.4 is 10.6 Å². The van der Waals surface area contributed by atoms with Crippen LogP contribution >= 0.6 is 0 Å². The highest BCUT2D eigenvalue weighted by Crippen LogP contribution is 2.30. The van der Waals surface area contributed by atoms with E-state index in [1.807, 2.05) is 65.0 Å². The number of ether oxygens (including phenoxy) is 2. The van der Waals surface area contributed by atoms with Crippen LogP contribution in [-0.2, 0) is 35.1 Å². The predicted octanol–water partition coefficient (Wildman–Crippen LogP) is 2.91. The van der Waals surface area contributed by atoms with Gasteiger partial charge in [0.1, 0.15) is 6.04 Å². The molecule has 9 atom stereocenters. The Hall–Kier alpha value is -3.75. The van der Waals surface area contributed by atoms with Gasteiger partial charge in [-0.25, -0.2) is 4.79 Å². The van der Waals surface area contributed by atoms with Crippen molar-refractivity contribution in [3.05, 3.63) is 35.9 Å². The lowest BCUT2D eigenvalue weighted by molar-refractivity contribution is -0.147. The average Bonchev–Trinajstić information content (AvgIpc) is 3.65. The van der Waals surface area contributed by atoms with Crippen molar-refractivity contribution < 1.29 is 38.6 Å². The van der Waals surface area contributed by atoms with Gasteiger partial charge < -0.3 is 44.8 Å². The number of carbonyl (C=O) groups excluding carboxylic acids is 5. The molecule has 2 saturated heterocycles. The van der Waals surface area contributed by atoms with Gasteiger partial charge in [-0.1, -0.05) is 71.4 Å². The highest BCUT2D eigenvalue weighted by atomic mass is 16.5. The van der Waals surface area contributed by atoms with Crippen molar-refractivity contribution in [1.29, 1.82) is 0 Å². The number of aliphatic hydroxyl groups excluding tert-OH is 1. The van der Waals surface area contributed by atoms with Crippen LogP contribution in [0.2, 0.25) is 0 Å². The molecular formula is C41H68N6O8. The first kappa shape index (κ1) is 45.6. The number of carbonyl (C=O) groups is 5. The van der Waals surface area contributed by atoms with Gasteiger partial charge in [0, 0.05) is 60.4 Å². The number of hydrogen-bond acceptors (Lipinski definition) is 8. The van der Waals surface area contributed by atoms with Gasteiger partial charge in [0.2, 0.25) is 23.6 Å². The van der Waals surface area contributed by atoms with Gasteiger partial charge in [-0.3, -0.25) is 19.2 Å². The number of methoxy groups -OCH3 is 2. The van der Waals surface area contributed by atoms with Crippen LogP contribution in [0.15, 0.2) is 30.3 Å². The summed E-state index contributed by atoms with van der Waals surface area (Å²) in [6.07, 6.45) is 1.40. The molecule has 3 rings (SSSR count). The molecule has 14 nitrogen and oxygen atoms in total. The summed E-state index contributed by atoms with van der Waals surface area (Å²) in [4.78, 5) is 74.2. The number of likely N-dealkylation sites (tertiary alicyclic amines) is 1. The molecule has 0 spiro atoms. The normalized spacial score (nSPS) is 21.3. The third-order valence-corrected chi connectivity index (χ3v) is 11.7. The monoisotopic (exact) mass is 773 g/mol. The fourth-order valence-corrected chi connectivity index (χ4v) is 8.19. The van der Waals surface area contributed by atoms with Crippen LogP contribution in [0, 0.1) is 17.8 Å². The van der Waals surface area contributed by atoms with E-state index in [0.717, 1.165) is 18.4 Å². The zero-order valence-electron chi connectivity index (χ0n) is 34.8. The Labute approximate surface area is 328 Å². The van der Waals surface area contributed by atoms with E-state index in [9.17, 15) is 29.1 Å². The molecular weight excluding hydrogens is 704 g/mol. The van der Waals surface area contributed by atoms with Gasteiger partial charge in [-0.05, 0) is 43.6 Å². The summed E-state index contributed by atoms with van der Waals surface area (Å²) in [5.74, 6) is -1.59. The number of rotatable bonds is 18. The lowest BCUT2D eigenvalue weighted by atomic mass is 9.89. The number of piperazine rings is 1. The minimum Gasteiger partial charge on any atom is -0.394 e. The Morgan fingerprint density at radius 3 is 2.18 bits per heavy atom. The molecule has 0 saturated carbocycles. The molecule has 0 bridgehead atoms. The zero-order valence-corrected chi connectivity index (χ0v) is 34.8. The standard InChI is InChI=1S/C41H68N6O8/c1-11-27(4)37(44(8)40(52)36(26(2)3)43-41(53)46-21-20-45(30(7)49)24-28(46)5)34(54-9)23-35(50)47-19-15-18-33(47)38(55-10)29(6)39(51)42-32(25-48)22-31-16-13-12-14-17-31/h12-14,16-17,26-29,32-34,36-38,48H,11,15,18-25H2,1-10H3,(H,42,51)(H,43,53)/t27-,28?,29+,32?,33?,34+,36?,37-,38+/m0/s1. The van der Waals surface area contributed by atoms with Crippen LogP contribution in [0.25, 0.3) is 0 Å². The van der Waals surface area contributed by atoms with Crippen LogP contribution in [-0.4, -0.2) is 151 Å². The van der Waals surface area contributed by atoms with E-state index in [2.05, 4.69) is 10.6 Å². The fraction of sp³-hybridized carbons (Fsp3) is 0.732. The molecule has 3 N–H and O–H groups in total. The van der Waals surface area contributed by atoms with Crippen molar-refractivity contribution in [1.82, 2.24) is 30.2 Å². The predicted molar refractivity (Wildman–Crippen MR) is 211 cm³/mol. The van der Waals surface area contributed by atoms with E-state index in [0.29, 0.717) is 39.0 Å². The van der Waals surface area contributed by atoms with Crippen molar-refractivity contribution in [2.75, 3.05) is 54.1 Å². The topological polar surface area (TPSA) is 161 Å². The summed E-state index contributed by atoms with van der Waals surface area (Å²) in [5.41, 5.74) is 1.00. The first-order chi connectivity index (χ1) is 26.1. The summed E-state index contributed by atoms with van der Waals surface area (Å²) >= 11 is 0. The quantitative estimate of drug-likeness (QED) is 0.206. The third kappa shape index (κ3) is 11.9. The van der Waals surface area contributed by atoms with Crippen LogP contribution in [0.5, 0.6) is 0 Å². The van der Waals surface area contributed by atoms with E-state index < -0.39 is 36.3 Å². The Balaban J connectivity index is 1.73. The fourth-order valence-electron chi connectivity index (χ4n) is 8.19. The second-order valence-corrected chi connectivity index (χ2v) is 15.8. The van der Waals surface area contributed by atoms with Crippen LogP contribution in [0.1, 0.15) is 79.7 Å². The highest BCUT2D eigenvalue weighted by Gasteiger charge is 2.43. The molecule has 0 radical (unpaired) electrons. The molecule has 6 amide bonds. The number of urea groups is 1. The number of amides is 6. The number of benzene rings is 1. The molecule has 310 valence electrons. The van der Waals surface area contributed by atoms with Gasteiger partial charge in [0.05, 0.1) is 49.3 Å². The molecule has 2 aliphatic heterocycles. The van der Waals surface area contributed by atoms with Crippen LogP contribution in [0.4, 0.5) is 4.79 Å². The smallest absolute Gasteiger partial charge is 0.318 e. The van der Waals surface area contributed by atoms with E-state index in [1.54, 1.807) is 47.8 Å². The second-order valence-electron chi connectivity index (χ2n) is 15.8.